The van der Waals surface area contributed by atoms with Crippen LogP contribution in [0.25, 0.3) is 0 Å². The number of nitrogens with one attached hydrogen (secondary N) is 1. The number of rotatable bonds is 5. The number of aryl methyl sites for hydroxylation is 1. The van der Waals surface area contributed by atoms with Crippen LogP contribution >= 0.6 is 23.1 Å². The minimum Gasteiger partial charge on any atom is -0.355 e. The van der Waals surface area contributed by atoms with Crippen LogP contribution in [0.3, 0.4) is 0 Å². The summed E-state index contributed by atoms with van der Waals surface area (Å²) in [5, 5.41) is 19.9. The monoisotopic (exact) mass is 364 g/mol. The molecule has 0 bridgehead atoms. The predicted molar refractivity (Wildman–Crippen MR) is 96.6 cm³/mol. The summed E-state index contributed by atoms with van der Waals surface area (Å²) in [6.45, 7) is 5.60. The molecule has 1 fully saturated rings. The van der Waals surface area contributed by atoms with Crippen LogP contribution in [0.2, 0.25) is 0 Å². The van der Waals surface area contributed by atoms with Crippen LogP contribution in [0.5, 0.6) is 0 Å². The fourth-order valence-corrected chi connectivity index (χ4v) is 4.23. The summed E-state index contributed by atoms with van der Waals surface area (Å²) in [5.41, 5.74) is 0.908. The molecule has 9 heteroatoms. The van der Waals surface area contributed by atoms with Crippen molar-refractivity contribution in [3.63, 3.8) is 0 Å². The van der Waals surface area contributed by atoms with Crippen molar-refractivity contribution in [3.8, 4) is 0 Å². The molecule has 3 heterocycles. The van der Waals surface area contributed by atoms with Crippen LogP contribution in [-0.2, 0) is 4.79 Å². The summed E-state index contributed by atoms with van der Waals surface area (Å²) >= 11 is 3.06. The van der Waals surface area contributed by atoms with E-state index in [1.165, 1.54) is 11.3 Å². The Morgan fingerprint density at radius 1 is 1.29 bits per heavy atom. The first kappa shape index (κ1) is 17.1. The third-order valence-corrected chi connectivity index (χ3v) is 5.73. The summed E-state index contributed by atoms with van der Waals surface area (Å²) in [6, 6.07) is 3.94. The van der Waals surface area contributed by atoms with E-state index >= 15 is 0 Å². The van der Waals surface area contributed by atoms with Gasteiger partial charge in [0.1, 0.15) is 0 Å². The molecule has 1 saturated heterocycles. The van der Waals surface area contributed by atoms with Gasteiger partial charge >= 0.3 is 0 Å². The molecule has 1 amide bonds. The van der Waals surface area contributed by atoms with E-state index in [0.717, 1.165) is 47.5 Å². The molecular formula is C15H20N6OS2. The average molecular weight is 365 g/mol. The maximum absolute atomic E-state index is 12.4. The van der Waals surface area contributed by atoms with E-state index in [2.05, 4.69) is 37.5 Å². The van der Waals surface area contributed by atoms with Crippen molar-refractivity contribution in [3.05, 3.63) is 17.8 Å². The molecule has 24 heavy (non-hydrogen) atoms. The third kappa shape index (κ3) is 4.21. The minimum absolute atomic E-state index is 0.00540. The molecule has 1 aliphatic rings. The number of carbonyl (C=O) groups is 1. The smallest absolute Gasteiger partial charge is 0.229 e. The van der Waals surface area contributed by atoms with Gasteiger partial charge in [0.2, 0.25) is 11.0 Å². The summed E-state index contributed by atoms with van der Waals surface area (Å²) in [4.78, 5) is 14.6. The van der Waals surface area contributed by atoms with E-state index in [9.17, 15) is 4.79 Å². The van der Waals surface area contributed by atoms with E-state index < -0.39 is 0 Å². The fraction of sp³-hybridized carbons (Fsp3) is 0.533. The molecule has 7 nitrogen and oxygen atoms in total. The third-order valence-electron chi connectivity index (χ3n) is 3.88. The number of piperidine rings is 1. The first-order valence-electron chi connectivity index (χ1n) is 7.98. The zero-order chi connectivity index (χ0) is 16.9. The Hall–Kier alpha value is -1.74. The van der Waals surface area contributed by atoms with Crippen molar-refractivity contribution in [2.75, 3.05) is 29.1 Å². The summed E-state index contributed by atoms with van der Waals surface area (Å²) in [7, 11) is 0. The van der Waals surface area contributed by atoms with Crippen molar-refractivity contribution in [2.24, 2.45) is 5.92 Å². The molecule has 2 aromatic rings. The number of nitrogens with zero attached hydrogens (tertiary/aromatic N) is 5. The molecular weight excluding hydrogens is 344 g/mol. The van der Waals surface area contributed by atoms with E-state index in [1.54, 1.807) is 11.8 Å². The van der Waals surface area contributed by atoms with Gasteiger partial charge in [0.05, 0.1) is 5.69 Å². The maximum Gasteiger partial charge on any atom is 0.229 e. The van der Waals surface area contributed by atoms with Crippen molar-refractivity contribution in [2.45, 2.75) is 31.0 Å². The first-order valence-corrected chi connectivity index (χ1v) is 9.78. The SMILES string of the molecule is CCSc1nnc(NC(=O)C2CCN(c3ccc(C)nn3)CC2)s1. The van der Waals surface area contributed by atoms with E-state index in [1.807, 2.05) is 19.1 Å². The lowest BCUT2D eigenvalue weighted by atomic mass is 9.96. The predicted octanol–water partition coefficient (Wildman–Crippen LogP) is 2.60. The number of hydrogen-bond donors (Lipinski definition) is 1. The Kier molecular flexibility index (Phi) is 5.62. The highest BCUT2D eigenvalue weighted by molar-refractivity contribution is 8.01. The number of thioether (sulfide) groups is 1. The van der Waals surface area contributed by atoms with Crippen LogP contribution in [0.4, 0.5) is 10.9 Å². The van der Waals surface area contributed by atoms with Crippen molar-refractivity contribution in [1.29, 1.82) is 0 Å². The van der Waals surface area contributed by atoms with Gasteiger partial charge in [0.25, 0.3) is 0 Å². The lowest BCUT2D eigenvalue weighted by molar-refractivity contribution is -0.120. The van der Waals surface area contributed by atoms with E-state index in [-0.39, 0.29) is 11.8 Å². The molecule has 2 aromatic heterocycles. The quantitative estimate of drug-likeness (QED) is 0.645. The van der Waals surface area contributed by atoms with Crippen molar-refractivity contribution in [1.82, 2.24) is 20.4 Å². The van der Waals surface area contributed by atoms with Gasteiger partial charge in [-0.15, -0.1) is 15.3 Å². The van der Waals surface area contributed by atoms with Gasteiger partial charge in [-0.2, -0.15) is 5.10 Å². The van der Waals surface area contributed by atoms with Gasteiger partial charge in [0, 0.05) is 19.0 Å². The molecule has 0 radical (unpaired) electrons. The number of anilines is 2. The molecule has 0 aromatic carbocycles. The highest BCUT2D eigenvalue weighted by Gasteiger charge is 2.26. The van der Waals surface area contributed by atoms with Gasteiger partial charge in [-0.3, -0.25) is 4.79 Å². The number of aromatic nitrogens is 4. The lowest BCUT2D eigenvalue weighted by Crippen LogP contribution is -2.38. The van der Waals surface area contributed by atoms with Gasteiger partial charge in [-0.1, -0.05) is 30.0 Å². The number of amides is 1. The molecule has 1 aliphatic heterocycles. The number of carbonyl (C=O) groups excluding carboxylic acids is 1. The number of hydrogen-bond acceptors (Lipinski definition) is 8. The Bertz CT molecular complexity index is 682. The van der Waals surface area contributed by atoms with Gasteiger partial charge in [0.15, 0.2) is 10.2 Å². The Morgan fingerprint density at radius 2 is 2.08 bits per heavy atom. The van der Waals surface area contributed by atoms with Crippen molar-refractivity contribution >= 4 is 40.0 Å². The molecule has 0 atom stereocenters. The molecule has 0 spiro atoms. The molecule has 0 saturated carbocycles. The maximum atomic E-state index is 12.4. The largest absolute Gasteiger partial charge is 0.355 e. The van der Waals surface area contributed by atoms with Crippen LogP contribution < -0.4 is 10.2 Å². The second-order valence-electron chi connectivity index (χ2n) is 5.59. The van der Waals surface area contributed by atoms with Gasteiger partial charge < -0.3 is 10.2 Å². The second kappa shape index (κ2) is 7.89. The molecule has 0 unspecified atom stereocenters. The zero-order valence-corrected chi connectivity index (χ0v) is 15.4. The van der Waals surface area contributed by atoms with Crippen LogP contribution in [0, 0.1) is 12.8 Å². The minimum atomic E-state index is 0.00540. The summed E-state index contributed by atoms with van der Waals surface area (Å²) in [6.07, 6.45) is 1.60. The average Bonchev–Trinajstić information content (AvgIpc) is 3.03. The van der Waals surface area contributed by atoms with Crippen LogP contribution in [0.1, 0.15) is 25.5 Å². The van der Waals surface area contributed by atoms with Gasteiger partial charge in [-0.05, 0) is 37.7 Å². The van der Waals surface area contributed by atoms with Crippen LogP contribution in [0.15, 0.2) is 16.5 Å². The van der Waals surface area contributed by atoms with E-state index in [0.29, 0.717) is 5.13 Å². The van der Waals surface area contributed by atoms with Crippen molar-refractivity contribution < 1.29 is 4.79 Å². The molecule has 1 N–H and O–H groups in total. The van der Waals surface area contributed by atoms with Crippen LogP contribution in [-0.4, -0.2) is 45.1 Å². The second-order valence-corrected chi connectivity index (χ2v) is 8.08. The fourth-order valence-electron chi connectivity index (χ4n) is 2.58. The topological polar surface area (TPSA) is 83.9 Å². The standard InChI is InChI=1S/C15H20N6OS2/c1-3-23-15-20-19-14(24-15)16-13(22)11-6-8-21(9-7-11)12-5-4-10(2)17-18-12/h4-5,11H,3,6-9H2,1-2H3,(H,16,19,22). The lowest BCUT2D eigenvalue weighted by Gasteiger charge is -2.31. The van der Waals surface area contributed by atoms with E-state index in [4.69, 9.17) is 0 Å². The normalized spacial score (nSPS) is 15.5. The highest BCUT2D eigenvalue weighted by Crippen LogP contribution is 2.27. The zero-order valence-electron chi connectivity index (χ0n) is 13.7. The summed E-state index contributed by atoms with van der Waals surface area (Å²) in [5.74, 6) is 1.87. The molecule has 3 rings (SSSR count). The summed E-state index contributed by atoms with van der Waals surface area (Å²) < 4.78 is 0.889. The highest BCUT2D eigenvalue weighted by atomic mass is 32.2. The molecule has 128 valence electrons. The Balaban J connectivity index is 1.52. The first-order chi connectivity index (χ1) is 11.7. The molecule has 0 aliphatic carbocycles. The van der Waals surface area contributed by atoms with Gasteiger partial charge in [-0.25, -0.2) is 0 Å². The Morgan fingerprint density at radius 3 is 2.75 bits per heavy atom. The Labute approximate surface area is 149 Å².